The first kappa shape index (κ1) is 17.5. The number of benzene rings is 2. The molecule has 3 aliphatic rings. The molecular weight excluding hydrogens is 368 g/mol. The fourth-order valence-corrected chi connectivity index (χ4v) is 3.84. The smallest absolute Gasteiger partial charge is 0.328 e. The van der Waals surface area contributed by atoms with Crippen molar-refractivity contribution in [3.63, 3.8) is 0 Å². The number of nitrogens with zero attached hydrogens (tertiary/aromatic N) is 4. The van der Waals surface area contributed by atoms with Crippen molar-refractivity contribution in [2.45, 2.75) is 25.7 Å². The number of carbonyl (C=O) groups is 2. The fraction of sp³-hybridized carbons (Fsp3) is 0.227. The predicted molar refractivity (Wildman–Crippen MR) is 107 cm³/mol. The molecular formula is C22H20N4O3. The van der Waals surface area contributed by atoms with Gasteiger partial charge in [-0.3, -0.25) is 14.6 Å². The van der Waals surface area contributed by atoms with Crippen molar-refractivity contribution in [1.82, 2.24) is 14.7 Å². The van der Waals surface area contributed by atoms with Gasteiger partial charge in [0.05, 0.1) is 12.7 Å². The first-order valence-corrected chi connectivity index (χ1v) is 9.48. The number of rotatable bonds is 3. The minimum Gasteiger partial charge on any atom is -0.423 e. The molecule has 0 saturated carbocycles. The minimum absolute atomic E-state index is 0.227. The Labute approximate surface area is 168 Å². The summed E-state index contributed by atoms with van der Waals surface area (Å²) in [5.74, 6) is 0.367. The molecule has 0 bridgehead atoms. The highest BCUT2D eigenvalue weighted by molar-refractivity contribution is 6.04. The summed E-state index contributed by atoms with van der Waals surface area (Å²) < 4.78 is 5.89. The highest BCUT2D eigenvalue weighted by atomic mass is 16.5. The van der Waals surface area contributed by atoms with Crippen LogP contribution in [0.15, 0.2) is 65.8 Å². The van der Waals surface area contributed by atoms with Crippen LogP contribution < -0.4 is 0 Å². The molecule has 2 unspecified atom stereocenters. The monoisotopic (exact) mass is 388 g/mol. The Morgan fingerprint density at radius 2 is 1.76 bits per heavy atom. The van der Waals surface area contributed by atoms with Crippen LogP contribution in [0.2, 0.25) is 0 Å². The number of amides is 3. The number of hydrogen-bond acceptors (Lipinski definition) is 5. The quantitative estimate of drug-likeness (QED) is 0.811. The SMILES string of the molecule is Cc1ccc(CN2C(=O)C3C(N=C4OC(c5ccccc5)=CN43)N(C)C2=O)cc1. The number of urea groups is 1. The van der Waals surface area contributed by atoms with Gasteiger partial charge in [0.15, 0.2) is 18.0 Å². The molecule has 1 saturated heterocycles. The lowest BCUT2D eigenvalue weighted by atomic mass is 10.1. The van der Waals surface area contributed by atoms with Crippen molar-refractivity contribution in [1.29, 1.82) is 0 Å². The normalized spacial score (nSPS) is 22.9. The van der Waals surface area contributed by atoms with Gasteiger partial charge in [0.2, 0.25) is 0 Å². The van der Waals surface area contributed by atoms with E-state index in [2.05, 4.69) is 4.99 Å². The van der Waals surface area contributed by atoms with Crippen LogP contribution in [0.4, 0.5) is 4.79 Å². The fourth-order valence-electron chi connectivity index (χ4n) is 3.84. The van der Waals surface area contributed by atoms with Crippen LogP contribution >= 0.6 is 0 Å². The van der Waals surface area contributed by atoms with Crippen molar-refractivity contribution in [3.05, 3.63) is 77.5 Å². The molecule has 2 atom stereocenters. The van der Waals surface area contributed by atoms with Crippen LogP contribution in [0.3, 0.4) is 0 Å². The maximum absolute atomic E-state index is 13.3. The zero-order valence-corrected chi connectivity index (χ0v) is 16.1. The van der Waals surface area contributed by atoms with Crippen LogP contribution in [-0.2, 0) is 16.1 Å². The van der Waals surface area contributed by atoms with Crippen molar-refractivity contribution >= 4 is 23.7 Å². The number of carbonyl (C=O) groups excluding carboxylic acids is 2. The summed E-state index contributed by atoms with van der Waals surface area (Å²) in [5.41, 5.74) is 2.94. The Bertz CT molecular complexity index is 1050. The second kappa shape index (κ2) is 6.48. The number of imide groups is 1. The maximum atomic E-state index is 13.3. The molecule has 5 rings (SSSR count). The summed E-state index contributed by atoms with van der Waals surface area (Å²) >= 11 is 0. The molecule has 3 amide bonds. The second-order valence-corrected chi connectivity index (χ2v) is 7.44. The van der Waals surface area contributed by atoms with Gasteiger partial charge in [-0.15, -0.1) is 0 Å². The third-order valence-electron chi connectivity index (χ3n) is 5.47. The average molecular weight is 388 g/mol. The standard InChI is InChI=1S/C22H20N4O3/c1-14-8-10-15(11-9-14)12-26-20(27)18-19(24(2)22(26)28)23-21-25(18)13-17(29-21)16-6-4-3-5-7-16/h3-11,13,18-19H,12H2,1-2H3. The molecule has 0 N–H and O–H groups in total. The third kappa shape index (κ3) is 2.77. The van der Waals surface area contributed by atoms with E-state index >= 15 is 0 Å². The van der Waals surface area contributed by atoms with Gasteiger partial charge in [-0.2, -0.15) is 0 Å². The Morgan fingerprint density at radius 1 is 1.03 bits per heavy atom. The summed E-state index contributed by atoms with van der Waals surface area (Å²) in [6, 6.07) is 16.9. The summed E-state index contributed by atoms with van der Waals surface area (Å²) in [6.45, 7) is 2.23. The van der Waals surface area contributed by atoms with E-state index in [0.29, 0.717) is 11.8 Å². The van der Waals surface area contributed by atoms with Gasteiger partial charge in [-0.05, 0) is 12.5 Å². The van der Waals surface area contributed by atoms with Gasteiger partial charge in [0, 0.05) is 12.6 Å². The van der Waals surface area contributed by atoms with Crippen molar-refractivity contribution in [2.75, 3.05) is 7.05 Å². The van der Waals surface area contributed by atoms with Crippen molar-refractivity contribution < 1.29 is 14.3 Å². The number of amidine groups is 1. The van der Waals surface area contributed by atoms with E-state index in [-0.39, 0.29) is 18.5 Å². The Hall–Kier alpha value is -3.61. The molecule has 29 heavy (non-hydrogen) atoms. The van der Waals surface area contributed by atoms with E-state index in [1.54, 1.807) is 18.1 Å². The number of likely N-dealkylation sites (N-methyl/N-ethyl adjacent to an activating group) is 1. The van der Waals surface area contributed by atoms with Crippen molar-refractivity contribution in [2.24, 2.45) is 4.99 Å². The molecule has 2 aromatic carbocycles. The molecule has 0 aliphatic carbocycles. The van der Waals surface area contributed by atoms with Crippen LogP contribution in [0.25, 0.3) is 5.76 Å². The van der Waals surface area contributed by atoms with Gasteiger partial charge in [0.1, 0.15) is 0 Å². The molecule has 0 aromatic heterocycles. The van der Waals surface area contributed by atoms with Crippen LogP contribution in [0.1, 0.15) is 16.7 Å². The summed E-state index contributed by atoms with van der Waals surface area (Å²) in [6.07, 6.45) is 1.21. The lowest BCUT2D eigenvalue weighted by molar-refractivity contribution is -0.137. The first-order chi connectivity index (χ1) is 14.0. The molecule has 3 heterocycles. The maximum Gasteiger partial charge on any atom is 0.328 e. The summed E-state index contributed by atoms with van der Waals surface area (Å²) in [4.78, 5) is 35.2. The van der Waals surface area contributed by atoms with E-state index in [1.807, 2.05) is 61.5 Å². The molecule has 0 radical (unpaired) electrons. The lowest BCUT2D eigenvalue weighted by Crippen LogP contribution is -2.63. The number of hydrogen-bond donors (Lipinski definition) is 0. The number of fused-ring (bicyclic) bond motifs is 3. The van der Waals surface area contributed by atoms with Gasteiger partial charge >= 0.3 is 6.03 Å². The highest BCUT2D eigenvalue weighted by Gasteiger charge is 2.54. The molecule has 7 nitrogen and oxygen atoms in total. The second-order valence-electron chi connectivity index (χ2n) is 7.44. The van der Waals surface area contributed by atoms with Crippen LogP contribution in [0, 0.1) is 6.92 Å². The number of aryl methyl sites for hydroxylation is 1. The first-order valence-electron chi connectivity index (χ1n) is 9.48. The van der Waals surface area contributed by atoms with Gasteiger partial charge in [-0.25, -0.2) is 9.79 Å². The summed E-state index contributed by atoms with van der Waals surface area (Å²) in [5, 5.41) is 0. The van der Waals surface area contributed by atoms with E-state index in [1.165, 1.54) is 9.80 Å². The third-order valence-corrected chi connectivity index (χ3v) is 5.47. The van der Waals surface area contributed by atoms with E-state index < -0.39 is 12.2 Å². The summed E-state index contributed by atoms with van der Waals surface area (Å²) in [7, 11) is 1.67. The Kier molecular flexibility index (Phi) is 3.91. The lowest BCUT2D eigenvalue weighted by Gasteiger charge is -2.39. The zero-order valence-electron chi connectivity index (χ0n) is 16.1. The largest absolute Gasteiger partial charge is 0.423 e. The van der Waals surface area contributed by atoms with E-state index in [9.17, 15) is 9.59 Å². The molecule has 3 aliphatic heterocycles. The molecule has 2 aromatic rings. The average Bonchev–Trinajstić information content (AvgIpc) is 3.30. The molecule has 7 heteroatoms. The predicted octanol–water partition coefficient (Wildman–Crippen LogP) is 2.78. The van der Waals surface area contributed by atoms with E-state index in [4.69, 9.17) is 4.74 Å². The highest BCUT2D eigenvalue weighted by Crippen LogP contribution is 2.35. The van der Waals surface area contributed by atoms with Crippen LogP contribution in [0.5, 0.6) is 0 Å². The molecule has 1 fully saturated rings. The van der Waals surface area contributed by atoms with Crippen LogP contribution in [-0.4, -0.2) is 51.9 Å². The minimum atomic E-state index is -0.626. The Balaban J connectivity index is 1.44. The van der Waals surface area contributed by atoms with Gasteiger partial charge < -0.3 is 9.64 Å². The van der Waals surface area contributed by atoms with Crippen molar-refractivity contribution in [3.8, 4) is 0 Å². The zero-order chi connectivity index (χ0) is 20.1. The number of aliphatic imine (C=N–C) groups is 1. The topological polar surface area (TPSA) is 65.5 Å². The molecule has 146 valence electrons. The van der Waals surface area contributed by atoms with Gasteiger partial charge in [-0.1, -0.05) is 60.2 Å². The Morgan fingerprint density at radius 3 is 2.48 bits per heavy atom. The number of ether oxygens (including phenoxy) is 1. The van der Waals surface area contributed by atoms with E-state index in [0.717, 1.165) is 16.7 Å². The van der Waals surface area contributed by atoms with Gasteiger partial charge in [0.25, 0.3) is 11.9 Å². The molecule has 0 spiro atoms.